The zero-order chi connectivity index (χ0) is 26.5. The van der Waals surface area contributed by atoms with E-state index in [9.17, 15) is 36.4 Å². The quantitative estimate of drug-likeness (QED) is 0.232. The van der Waals surface area contributed by atoms with Gasteiger partial charge in [-0.25, -0.2) is 9.59 Å². The minimum absolute atomic E-state index is 0.534. The standard InChI is InChI=1S/C19H24F2O13S/c1-7(19(20,21)35(26,27)28)30-8(22)5-29-6-9(23)31-14-13-11(17(25)34-18(2,3)4)10-12(32-13)15(14)33-16(10)24/h7,10-15H,5-6H2,1-4H3,(H,26,27,28). The van der Waals surface area contributed by atoms with Crippen LogP contribution in [0.5, 0.6) is 0 Å². The first-order valence-electron chi connectivity index (χ1n) is 10.3. The van der Waals surface area contributed by atoms with Crippen LogP contribution in [0.4, 0.5) is 8.78 Å². The number of rotatable bonds is 9. The second kappa shape index (κ2) is 9.22. The van der Waals surface area contributed by atoms with Crippen molar-refractivity contribution in [3.8, 4) is 0 Å². The summed E-state index contributed by atoms with van der Waals surface area (Å²) in [5.41, 5.74) is -0.849. The topological polar surface area (TPSA) is 178 Å². The third kappa shape index (κ3) is 5.39. The summed E-state index contributed by atoms with van der Waals surface area (Å²) >= 11 is 0. The fourth-order valence-corrected chi connectivity index (χ4v) is 4.49. The van der Waals surface area contributed by atoms with Gasteiger partial charge in [-0.15, -0.1) is 0 Å². The maximum atomic E-state index is 13.4. The normalized spacial score (nSPS) is 30.5. The van der Waals surface area contributed by atoms with Gasteiger partial charge in [-0.05, 0) is 27.7 Å². The molecule has 0 radical (unpaired) electrons. The van der Waals surface area contributed by atoms with Crippen molar-refractivity contribution >= 4 is 34.0 Å². The van der Waals surface area contributed by atoms with Gasteiger partial charge in [-0.2, -0.15) is 17.2 Å². The van der Waals surface area contributed by atoms with Gasteiger partial charge in [0.25, 0.3) is 0 Å². The van der Waals surface area contributed by atoms with Gasteiger partial charge in [0.15, 0.2) is 18.3 Å². The van der Waals surface area contributed by atoms with Crippen molar-refractivity contribution in [2.75, 3.05) is 13.2 Å². The molecular weight excluding hydrogens is 506 g/mol. The van der Waals surface area contributed by atoms with E-state index in [4.69, 9.17) is 28.2 Å². The molecule has 0 aromatic rings. The van der Waals surface area contributed by atoms with E-state index < -0.39 is 100 Å². The molecule has 13 nitrogen and oxygen atoms in total. The number of fused-ring (bicyclic) bond motifs is 1. The van der Waals surface area contributed by atoms with Gasteiger partial charge in [-0.3, -0.25) is 14.1 Å². The first-order valence-corrected chi connectivity index (χ1v) is 11.8. The number of hydrogen-bond donors (Lipinski definition) is 1. The van der Waals surface area contributed by atoms with Crippen LogP contribution < -0.4 is 0 Å². The van der Waals surface area contributed by atoms with Gasteiger partial charge in [0.2, 0.25) is 0 Å². The summed E-state index contributed by atoms with van der Waals surface area (Å²) in [6.07, 6.45) is -6.48. The molecule has 7 atom stereocenters. The summed E-state index contributed by atoms with van der Waals surface area (Å²) in [5.74, 6) is -5.88. The highest BCUT2D eigenvalue weighted by molar-refractivity contribution is 7.86. The van der Waals surface area contributed by atoms with E-state index in [0.29, 0.717) is 6.92 Å². The summed E-state index contributed by atoms with van der Waals surface area (Å²) in [6.45, 7) is 3.55. The summed E-state index contributed by atoms with van der Waals surface area (Å²) in [4.78, 5) is 48.7. The van der Waals surface area contributed by atoms with Crippen molar-refractivity contribution in [1.29, 1.82) is 0 Å². The number of halogens is 2. The molecule has 16 heteroatoms. The Hall–Kier alpha value is -2.43. The summed E-state index contributed by atoms with van der Waals surface area (Å²) < 4.78 is 87.0. The number of carbonyl (C=O) groups excluding carboxylic acids is 4. The smallest absolute Gasteiger partial charge is 0.405 e. The molecule has 0 aliphatic carbocycles. The van der Waals surface area contributed by atoms with Gasteiger partial charge >= 0.3 is 39.2 Å². The Labute approximate surface area is 198 Å². The minimum atomic E-state index is -5.83. The molecule has 1 N–H and O–H groups in total. The van der Waals surface area contributed by atoms with E-state index in [2.05, 4.69) is 4.74 Å². The Bertz CT molecular complexity index is 1000. The average Bonchev–Trinajstić information content (AvgIpc) is 3.29. The van der Waals surface area contributed by atoms with Crippen LogP contribution >= 0.6 is 0 Å². The predicted octanol–water partition coefficient (Wildman–Crippen LogP) is -0.392. The number of carbonyl (C=O) groups is 4. The third-order valence-corrected chi connectivity index (χ3v) is 6.44. The molecule has 198 valence electrons. The summed E-state index contributed by atoms with van der Waals surface area (Å²) in [5, 5.41) is -4.76. The molecule has 0 amide bonds. The van der Waals surface area contributed by atoms with Crippen LogP contribution in [0.2, 0.25) is 0 Å². The molecule has 0 aromatic heterocycles. The zero-order valence-corrected chi connectivity index (χ0v) is 19.8. The molecule has 3 fully saturated rings. The molecule has 0 spiro atoms. The third-order valence-electron chi connectivity index (χ3n) is 5.42. The molecule has 3 rings (SSSR count). The second-order valence-corrected chi connectivity index (χ2v) is 10.7. The van der Waals surface area contributed by atoms with Gasteiger partial charge in [0, 0.05) is 0 Å². The average molecular weight is 530 g/mol. The molecule has 2 bridgehead atoms. The SMILES string of the molecule is CC(OC(=O)COCC(=O)OC1C2OC(=O)C3C2OC1C3C(=O)OC(C)(C)C)C(F)(F)S(=O)(=O)O. The van der Waals surface area contributed by atoms with Crippen LogP contribution in [0.3, 0.4) is 0 Å². The van der Waals surface area contributed by atoms with Crippen molar-refractivity contribution in [3.63, 3.8) is 0 Å². The minimum Gasteiger partial charge on any atom is -0.460 e. The zero-order valence-electron chi connectivity index (χ0n) is 19.0. The fourth-order valence-electron chi connectivity index (χ4n) is 4.02. The largest absolute Gasteiger partial charge is 0.460 e. The van der Waals surface area contributed by atoms with Gasteiger partial charge in [0.05, 0.1) is 0 Å². The molecule has 0 saturated carbocycles. The lowest BCUT2D eigenvalue weighted by Crippen LogP contribution is -2.49. The molecule has 3 aliphatic rings. The molecule has 35 heavy (non-hydrogen) atoms. The highest BCUT2D eigenvalue weighted by atomic mass is 32.2. The Balaban J connectivity index is 1.53. The summed E-state index contributed by atoms with van der Waals surface area (Å²) in [6, 6.07) is 0. The first-order chi connectivity index (χ1) is 15.9. The Morgan fingerprint density at radius 2 is 1.69 bits per heavy atom. The van der Waals surface area contributed by atoms with Crippen LogP contribution in [0.1, 0.15) is 27.7 Å². The Morgan fingerprint density at radius 1 is 1.09 bits per heavy atom. The second-order valence-electron chi connectivity index (χ2n) is 9.17. The number of hydrogen-bond acceptors (Lipinski definition) is 12. The van der Waals surface area contributed by atoms with E-state index in [1.807, 2.05) is 0 Å². The van der Waals surface area contributed by atoms with Crippen molar-refractivity contribution in [2.24, 2.45) is 11.8 Å². The lowest BCUT2D eigenvalue weighted by Gasteiger charge is -2.29. The van der Waals surface area contributed by atoms with E-state index in [-0.39, 0.29) is 0 Å². The van der Waals surface area contributed by atoms with Crippen LogP contribution in [0.15, 0.2) is 0 Å². The first kappa shape index (κ1) is 27.2. The number of esters is 4. The maximum absolute atomic E-state index is 13.4. The van der Waals surface area contributed by atoms with Crippen LogP contribution in [-0.2, 0) is 57.7 Å². The molecule has 3 saturated heterocycles. The van der Waals surface area contributed by atoms with Crippen LogP contribution in [-0.4, -0.2) is 91.4 Å². The highest BCUT2D eigenvalue weighted by Crippen LogP contribution is 2.51. The highest BCUT2D eigenvalue weighted by Gasteiger charge is 2.72. The van der Waals surface area contributed by atoms with E-state index >= 15 is 0 Å². The van der Waals surface area contributed by atoms with Gasteiger partial charge in [-0.1, -0.05) is 0 Å². The van der Waals surface area contributed by atoms with E-state index in [0.717, 1.165) is 0 Å². The Kier molecular flexibility index (Phi) is 7.15. The number of alkyl halides is 2. The van der Waals surface area contributed by atoms with Crippen molar-refractivity contribution in [3.05, 3.63) is 0 Å². The van der Waals surface area contributed by atoms with E-state index in [1.54, 1.807) is 20.8 Å². The molecule has 3 heterocycles. The van der Waals surface area contributed by atoms with Gasteiger partial charge in [0.1, 0.15) is 42.9 Å². The monoisotopic (exact) mass is 530 g/mol. The number of ether oxygens (including phenoxy) is 6. The predicted molar refractivity (Wildman–Crippen MR) is 104 cm³/mol. The fraction of sp³-hybridized carbons (Fsp3) is 0.789. The van der Waals surface area contributed by atoms with Gasteiger partial charge < -0.3 is 28.4 Å². The van der Waals surface area contributed by atoms with Crippen molar-refractivity contribution in [2.45, 2.75) is 69.1 Å². The molecule has 3 aliphatic heterocycles. The lowest BCUT2D eigenvalue weighted by atomic mass is 9.78. The van der Waals surface area contributed by atoms with Crippen LogP contribution in [0, 0.1) is 11.8 Å². The molecular formula is C19H24F2O13S. The summed E-state index contributed by atoms with van der Waals surface area (Å²) in [7, 11) is -5.83. The van der Waals surface area contributed by atoms with Crippen molar-refractivity contribution in [1.82, 2.24) is 0 Å². The van der Waals surface area contributed by atoms with Crippen molar-refractivity contribution < 1.29 is 69.4 Å². The lowest BCUT2D eigenvalue weighted by molar-refractivity contribution is -0.174. The maximum Gasteiger partial charge on any atom is 0.405 e. The molecule has 7 unspecified atom stereocenters. The molecule has 0 aromatic carbocycles. The Morgan fingerprint density at radius 3 is 2.26 bits per heavy atom. The van der Waals surface area contributed by atoms with E-state index in [1.165, 1.54) is 0 Å². The van der Waals surface area contributed by atoms with Crippen LogP contribution in [0.25, 0.3) is 0 Å².